The summed E-state index contributed by atoms with van der Waals surface area (Å²) in [6, 6.07) is 6.71. The number of hydrogen-bond acceptors (Lipinski definition) is 8. The first kappa shape index (κ1) is 22.0. The van der Waals surface area contributed by atoms with Gasteiger partial charge in [-0.15, -0.1) is 0 Å². The number of nitrogen functional groups attached to an aromatic ring is 1. The lowest BCUT2D eigenvalue weighted by molar-refractivity contribution is -0.468. The monoisotopic (exact) mass is 455 g/mol. The highest BCUT2D eigenvalue weighted by atomic mass is 16.4. The quantitative estimate of drug-likeness (QED) is 0.277. The van der Waals surface area contributed by atoms with Gasteiger partial charge in [0.15, 0.2) is 17.6 Å². The average molecular weight is 455 g/mol. The number of anilines is 3. The van der Waals surface area contributed by atoms with Crippen LogP contribution in [0.4, 0.5) is 23.1 Å². The molecule has 0 saturated carbocycles. The van der Waals surface area contributed by atoms with Crippen LogP contribution in [0.5, 0.6) is 0 Å². The van der Waals surface area contributed by atoms with Crippen molar-refractivity contribution in [1.82, 2.24) is 9.97 Å². The van der Waals surface area contributed by atoms with E-state index in [1.807, 2.05) is 9.48 Å². The second-order valence-electron chi connectivity index (χ2n) is 8.00. The maximum Gasteiger partial charge on any atom is 0.306 e. The lowest BCUT2D eigenvalue weighted by Crippen LogP contribution is -2.38. The SMILES string of the molecule is Nc1nc2c(c(=O)[nH]1)[N+]1=CN(c3ccc(C(=O)C[C@@H](CCC(=O)O)C(=O)O)cc3)CC1CN2. The van der Waals surface area contributed by atoms with E-state index < -0.39 is 17.9 Å². The molecule has 4 rings (SSSR count). The fraction of sp³-hybridized carbons (Fsp3) is 0.333. The number of aromatic nitrogens is 2. The molecule has 33 heavy (non-hydrogen) atoms. The molecule has 6 N–H and O–H groups in total. The minimum absolute atomic E-state index is 0.00380. The van der Waals surface area contributed by atoms with Crippen LogP contribution in [0.25, 0.3) is 0 Å². The Bertz CT molecular complexity index is 1200. The number of fused-ring (bicyclic) bond motifs is 3. The minimum Gasteiger partial charge on any atom is -0.481 e. The van der Waals surface area contributed by atoms with Crippen LogP contribution in [-0.4, -0.2) is 67.9 Å². The largest absolute Gasteiger partial charge is 0.481 e. The molecule has 1 aromatic heterocycles. The Balaban J connectivity index is 1.49. The van der Waals surface area contributed by atoms with Gasteiger partial charge >= 0.3 is 17.5 Å². The Morgan fingerprint density at radius 2 is 1.97 bits per heavy atom. The number of nitrogens with one attached hydrogen (secondary N) is 2. The zero-order valence-corrected chi connectivity index (χ0v) is 17.5. The number of carbonyl (C=O) groups excluding carboxylic acids is 1. The number of benzene rings is 1. The van der Waals surface area contributed by atoms with E-state index in [1.165, 1.54) is 0 Å². The summed E-state index contributed by atoms with van der Waals surface area (Å²) in [5.41, 5.74) is 6.81. The van der Waals surface area contributed by atoms with E-state index in [0.717, 1.165) is 5.69 Å². The third-order valence-corrected chi connectivity index (χ3v) is 5.75. The zero-order valence-electron chi connectivity index (χ0n) is 17.5. The van der Waals surface area contributed by atoms with Gasteiger partial charge in [0.1, 0.15) is 12.2 Å². The van der Waals surface area contributed by atoms with Crippen molar-refractivity contribution in [1.29, 1.82) is 0 Å². The Kier molecular flexibility index (Phi) is 5.82. The lowest BCUT2D eigenvalue weighted by atomic mass is 9.94. The number of ketones is 1. The maximum atomic E-state index is 12.5. The second kappa shape index (κ2) is 8.73. The molecule has 2 aliphatic heterocycles. The van der Waals surface area contributed by atoms with Crippen molar-refractivity contribution in [2.75, 3.05) is 29.0 Å². The Labute approximate surface area is 187 Å². The van der Waals surface area contributed by atoms with E-state index in [1.54, 1.807) is 30.6 Å². The molecule has 1 unspecified atom stereocenters. The number of Topliss-reactive ketones (excluding diaryl/α,β-unsaturated/α-hetero) is 1. The second-order valence-corrected chi connectivity index (χ2v) is 8.00. The molecular weight excluding hydrogens is 432 g/mol. The predicted octanol–water partition coefficient (Wildman–Crippen LogP) is 0.477. The molecule has 0 fully saturated rings. The van der Waals surface area contributed by atoms with Crippen molar-refractivity contribution >= 4 is 47.2 Å². The summed E-state index contributed by atoms with van der Waals surface area (Å²) in [6.45, 7) is 1.17. The van der Waals surface area contributed by atoms with E-state index in [2.05, 4.69) is 15.3 Å². The van der Waals surface area contributed by atoms with Crippen LogP contribution < -0.4 is 21.5 Å². The number of aromatic amines is 1. The van der Waals surface area contributed by atoms with Crippen molar-refractivity contribution in [3.05, 3.63) is 40.2 Å². The number of carbonyl (C=O) groups is 3. The molecule has 0 saturated heterocycles. The van der Waals surface area contributed by atoms with Crippen molar-refractivity contribution in [3.8, 4) is 0 Å². The number of carboxylic acids is 2. The molecule has 2 aromatic rings. The van der Waals surface area contributed by atoms with Gasteiger partial charge in [-0.3, -0.25) is 24.2 Å². The van der Waals surface area contributed by atoms with Gasteiger partial charge in [-0.25, -0.2) is 9.48 Å². The molecule has 0 amide bonds. The molecule has 0 aliphatic carbocycles. The maximum absolute atomic E-state index is 12.5. The summed E-state index contributed by atoms with van der Waals surface area (Å²) in [4.78, 5) is 55.6. The normalized spacial score (nSPS) is 17.4. The first-order chi connectivity index (χ1) is 15.7. The highest BCUT2D eigenvalue weighted by Gasteiger charge is 2.39. The van der Waals surface area contributed by atoms with Gasteiger partial charge in [0, 0.05) is 18.4 Å². The van der Waals surface area contributed by atoms with Gasteiger partial charge in [0.25, 0.3) is 0 Å². The van der Waals surface area contributed by atoms with Crippen LogP contribution in [0.15, 0.2) is 29.1 Å². The molecule has 3 heterocycles. The third kappa shape index (κ3) is 4.54. The third-order valence-electron chi connectivity index (χ3n) is 5.75. The number of hydrogen-bond donors (Lipinski definition) is 5. The average Bonchev–Trinajstić information content (AvgIpc) is 3.20. The van der Waals surface area contributed by atoms with Gasteiger partial charge in [-0.05, 0) is 30.7 Å². The van der Waals surface area contributed by atoms with E-state index in [4.69, 9.17) is 10.8 Å². The highest BCUT2D eigenvalue weighted by Crippen LogP contribution is 2.29. The minimum atomic E-state index is -1.19. The van der Waals surface area contributed by atoms with Gasteiger partial charge in [-0.1, -0.05) is 0 Å². The number of carboxylic acid groups (broad SMARTS) is 2. The standard InChI is InChI=1S/C21H22N6O6/c22-21-24-18-17(19(31)25-21)27-10-26(9-14(27)8-23-18)13-4-1-11(2-5-13)15(28)7-12(20(32)33)3-6-16(29)30/h1-2,4-5,10,12,14H,3,6-9H2,(H5-,22,23,24,25,29,30,31,32,33)/p+1/t12-,14?/m1/s1. The van der Waals surface area contributed by atoms with Gasteiger partial charge in [0.2, 0.25) is 18.0 Å². The number of rotatable bonds is 8. The number of H-pyrrole nitrogens is 1. The summed E-state index contributed by atoms with van der Waals surface area (Å²) >= 11 is 0. The summed E-state index contributed by atoms with van der Waals surface area (Å²) in [6.07, 6.45) is 1.12. The summed E-state index contributed by atoms with van der Waals surface area (Å²) in [7, 11) is 0. The lowest BCUT2D eigenvalue weighted by Gasteiger charge is -2.20. The Hall–Kier alpha value is -4.22. The highest BCUT2D eigenvalue weighted by molar-refractivity contribution is 5.98. The van der Waals surface area contributed by atoms with Crippen molar-refractivity contribution in [2.24, 2.45) is 5.92 Å². The Morgan fingerprint density at radius 3 is 2.64 bits per heavy atom. The Morgan fingerprint density at radius 1 is 1.24 bits per heavy atom. The van der Waals surface area contributed by atoms with Crippen LogP contribution >= 0.6 is 0 Å². The van der Waals surface area contributed by atoms with E-state index in [0.29, 0.717) is 30.2 Å². The first-order valence-electron chi connectivity index (χ1n) is 10.3. The van der Waals surface area contributed by atoms with Crippen LogP contribution in [0.1, 0.15) is 29.6 Å². The number of aliphatic carboxylic acids is 2. The van der Waals surface area contributed by atoms with E-state index in [9.17, 15) is 24.3 Å². The van der Waals surface area contributed by atoms with Crippen LogP contribution in [-0.2, 0) is 9.59 Å². The van der Waals surface area contributed by atoms with E-state index >= 15 is 0 Å². The molecule has 0 bridgehead atoms. The molecule has 2 aliphatic rings. The van der Waals surface area contributed by atoms with Crippen molar-refractivity contribution in [2.45, 2.75) is 25.3 Å². The van der Waals surface area contributed by atoms with Gasteiger partial charge in [-0.2, -0.15) is 4.98 Å². The van der Waals surface area contributed by atoms with Crippen LogP contribution in [0.3, 0.4) is 0 Å². The molecule has 0 spiro atoms. The topological polar surface area (TPSA) is 182 Å². The fourth-order valence-electron chi connectivity index (χ4n) is 4.03. The molecule has 12 nitrogen and oxygen atoms in total. The number of nitrogens with two attached hydrogens (primary N) is 1. The fourth-order valence-corrected chi connectivity index (χ4v) is 4.03. The van der Waals surface area contributed by atoms with Crippen molar-refractivity contribution in [3.63, 3.8) is 0 Å². The van der Waals surface area contributed by atoms with Crippen LogP contribution in [0, 0.1) is 5.92 Å². The molecule has 2 atom stereocenters. The zero-order chi connectivity index (χ0) is 23.7. The molecule has 0 radical (unpaired) electrons. The molecule has 172 valence electrons. The molecular formula is C21H23N6O6+. The van der Waals surface area contributed by atoms with Gasteiger partial charge < -0.3 is 21.3 Å². The summed E-state index contributed by atoms with van der Waals surface area (Å²) in [5, 5.41) is 21.2. The number of nitrogens with zero attached hydrogens (tertiary/aromatic N) is 3. The molecule has 12 heteroatoms. The van der Waals surface area contributed by atoms with E-state index in [-0.39, 0.29) is 42.6 Å². The summed E-state index contributed by atoms with van der Waals surface area (Å²) < 4.78 is 1.84. The molecule has 1 aromatic carbocycles. The smallest absolute Gasteiger partial charge is 0.306 e. The predicted molar refractivity (Wildman–Crippen MR) is 118 cm³/mol. The summed E-state index contributed by atoms with van der Waals surface area (Å²) in [5.74, 6) is -3.25. The first-order valence-corrected chi connectivity index (χ1v) is 10.3. The van der Waals surface area contributed by atoms with Crippen molar-refractivity contribution < 1.29 is 29.2 Å². The van der Waals surface area contributed by atoms with Crippen LogP contribution in [0.2, 0.25) is 0 Å². The van der Waals surface area contributed by atoms with Gasteiger partial charge in [0.05, 0.1) is 12.5 Å².